The molecule has 0 saturated heterocycles. The third-order valence-electron chi connectivity index (χ3n) is 12.1. The van der Waals surface area contributed by atoms with Crippen LogP contribution in [0.1, 0.15) is 31.8 Å². The van der Waals surface area contributed by atoms with Crippen LogP contribution in [0, 0.1) is 12.1 Å². The molecule has 312 valence electrons. The monoisotopic (exact) mass is 1010 g/mol. The molecule has 0 radical (unpaired) electrons. The van der Waals surface area contributed by atoms with Crippen LogP contribution in [-0.2, 0) is 26.5 Å². The van der Waals surface area contributed by atoms with Gasteiger partial charge in [-0.25, -0.2) is 4.98 Å². The van der Waals surface area contributed by atoms with Crippen molar-refractivity contribution in [2.75, 3.05) is 0 Å². The number of benzene rings is 8. The van der Waals surface area contributed by atoms with Crippen LogP contribution in [0.3, 0.4) is 0 Å². The molecule has 0 atom stereocenters. The normalized spacial score (nSPS) is 12.7. The zero-order chi connectivity index (χ0) is 45.7. The Morgan fingerprint density at radius 3 is 2.16 bits per heavy atom. The van der Waals surface area contributed by atoms with Gasteiger partial charge in [-0.1, -0.05) is 160 Å². The summed E-state index contributed by atoms with van der Waals surface area (Å²) in [6.45, 7) is 6.80. The summed E-state index contributed by atoms with van der Waals surface area (Å²) in [7, 11) is 0. The first-order chi connectivity index (χ1) is 32.5. The van der Waals surface area contributed by atoms with Crippen molar-refractivity contribution in [1.82, 2.24) is 18.5 Å². The van der Waals surface area contributed by atoms with Crippen LogP contribution in [0.25, 0.3) is 105 Å². The number of rotatable bonds is 1. The summed E-state index contributed by atoms with van der Waals surface area (Å²) in [4.78, 5) is 5.24. The summed E-state index contributed by atoms with van der Waals surface area (Å²) in [6, 6.07) is 62.2. The Labute approximate surface area is 390 Å². The Hall–Kier alpha value is -7.33. The summed E-state index contributed by atoms with van der Waals surface area (Å²) in [6.07, 6.45) is 2.15. The molecule has 0 unspecified atom stereocenters. The molecular formula is C58H41N4OPt-3. The molecule has 1 aliphatic heterocycles. The fraction of sp³-hybridized carbons (Fsp3) is 0.0690. The van der Waals surface area contributed by atoms with E-state index >= 15 is 0 Å². The largest absolute Gasteiger partial charge is 0.510 e. The molecule has 1 aliphatic rings. The van der Waals surface area contributed by atoms with Crippen LogP contribution in [0.4, 0.5) is 0 Å². The average molecular weight is 1010 g/mol. The maximum absolute atomic E-state index is 9.18. The zero-order valence-electron chi connectivity index (χ0n) is 39.2. The fourth-order valence-corrected chi connectivity index (χ4v) is 9.04. The predicted octanol–water partition coefficient (Wildman–Crippen LogP) is 15.1. The molecule has 0 N–H and O–H groups in total. The van der Waals surface area contributed by atoms with E-state index in [1.54, 1.807) is 10.5 Å². The summed E-state index contributed by atoms with van der Waals surface area (Å²) in [5.74, 6) is 0. The van der Waals surface area contributed by atoms with Gasteiger partial charge in [-0.05, 0) is 90.2 Å². The number of nitrogens with zero attached hydrogens (tertiary/aromatic N) is 4. The van der Waals surface area contributed by atoms with Gasteiger partial charge in [-0.15, -0.1) is 29.1 Å². The van der Waals surface area contributed by atoms with Crippen molar-refractivity contribution in [1.29, 1.82) is 0 Å². The van der Waals surface area contributed by atoms with Crippen molar-refractivity contribution in [3.63, 3.8) is 0 Å². The maximum Gasteiger partial charge on any atom is 0.136 e. The van der Waals surface area contributed by atoms with E-state index in [0.717, 1.165) is 60.5 Å². The topological polar surface area (TPSA) is 40.3 Å². The number of hydrogen-bond acceptors (Lipinski definition) is 2. The Bertz CT molecular complexity index is 4150. The molecule has 3 aromatic heterocycles. The summed E-state index contributed by atoms with van der Waals surface area (Å²) in [5, 5.41) is 6.09. The molecule has 5 nitrogen and oxygen atoms in total. The smallest absolute Gasteiger partial charge is 0.136 e. The van der Waals surface area contributed by atoms with Gasteiger partial charge in [0.15, 0.2) is 0 Å². The third-order valence-corrected chi connectivity index (χ3v) is 12.1. The Kier molecular flexibility index (Phi) is 8.51. The minimum atomic E-state index is -0.324. The molecule has 12 rings (SSSR count). The SMILES string of the molecule is [2H]c1c([2H])c([2H])c2c(c1[2H])c1ccc3[c-]c1n2c1cccc(n1)c1cccc(c1)c1ccccc1c1cc(C(C)(C)C)cc(-c2ccccc2)c1n1[cH-]n(c2[c-]c(ccc2)o3)-c2ccccc2-1.[Pt]. The van der Waals surface area contributed by atoms with E-state index < -0.39 is 0 Å². The summed E-state index contributed by atoms with van der Waals surface area (Å²) < 4.78 is 48.4. The molecule has 10 bridgehead atoms. The standard InChI is InChI=1S/C58H41N4O.Pt/c1-58(2,3)41-33-49(38-16-5-4-6-17-38)57-50(34-41)46-23-8-7-22-45(46)39-18-13-19-40(32-39)51-25-15-29-56(59-51)62-52-26-10-9-24-47(52)48-31-30-44(36-55(48)62)63-43-21-14-20-42(35-43)60-37-61(57)54-28-12-11-27-53(54)60;/h4-34,37H,1-3H3;/q-3;/i9D,10D,24D,26D;. The average Bonchev–Trinajstić information content (AvgIpc) is 3.91. The number of para-hydroxylation sites is 3. The molecule has 11 aromatic rings. The first-order valence-corrected chi connectivity index (χ1v) is 21.1. The van der Waals surface area contributed by atoms with Crippen LogP contribution < -0.4 is 0 Å². The van der Waals surface area contributed by atoms with E-state index in [1.807, 2.05) is 42.5 Å². The van der Waals surface area contributed by atoms with E-state index in [-0.39, 0.29) is 50.6 Å². The Morgan fingerprint density at radius 1 is 0.594 bits per heavy atom. The second kappa shape index (κ2) is 15.5. The predicted molar refractivity (Wildman–Crippen MR) is 261 cm³/mol. The van der Waals surface area contributed by atoms with Gasteiger partial charge in [0, 0.05) is 49.5 Å². The second-order valence-corrected chi connectivity index (χ2v) is 17.0. The molecule has 0 saturated carbocycles. The van der Waals surface area contributed by atoms with Crippen molar-refractivity contribution < 1.29 is 31.0 Å². The summed E-state index contributed by atoms with van der Waals surface area (Å²) in [5.41, 5.74) is 9.88. The molecule has 8 aromatic carbocycles. The van der Waals surface area contributed by atoms with Crippen LogP contribution in [0.5, 0.6) is 0 Å². The number of fused-ring (bicyclic) bond motifs is 23. The van der Waals surface area contributed by atoms with Crippen molar-refractivity contribution in [3.8, 4) is 22.5 Å². The second-order valence-electron chi connectivity index (χ2n) is 17.0. The van der Waals surface area contributed by atoms with Crippen LogP contribution in [0.15, 0.2) is 199 Å². The van der Waals surface area contributed by atoms with Crippen molar-refractivity contribution in [2.24, 2.45) is 0 Å². The van der Waals surface area contributed by atoms with Gasteiger partial charge in [0.2, 0.25) is 0 Å². The Balaban J connectivity index is 0.00000507. The minimum absolute atomic E-state index is 0. The van der Waals surface area contributed by atoms with Gasteiger partial charge < -0.3 is 18.0 Å². The van der Waals surface area contributed by atoms with Gasteiger partial charge >= 0.3 is 0 Å². The van der Waals surface area contributed by atoms with Crippen molar-refractivity contribution >= 4 is 82.1 Å². The molecular weight excluding hydrogens is 964 g/mol. The van der Waals surface area contributed by atoms with Crippen LogP contribution in [-0.4, -0.2) is 18.5 Å². The van der Waals surface area contributed by atoms with Gasteiger partial charge in [-0.3, -0.25) is 0 Å². The molecule has 0 spiro atoms. The van der Waals surface area contributed by atoms with E-state index in [2.05, 4.69) is 164 Å². The quantitative estimate of drug-likeness (QED) is 0.154. The van der Waals surface area contributed by atoms with Crippen molar-refractivity contribution in [2.45, 2.75) is 26.2 Å². The van der Waals surface area contributed by atoms with E-state index in [4.69, 9.17) is 13.5 Å². The first-order valence-electron chi connectivity index (χ1n) is 23.1. The van der Waals surface area contributed by atoms with Crippen LogP contribution in [0.2, 0.25) is 0 Å². The van der Waals surface area contributed by atoms with Gasteiger partial charge in [0.1, 0.15) is 5.65 Å². The minimum Gasteiger partial charge on any atom is -0.510 e. The molecule has 0 amide bonds. The van der Waals surface area contributed by atoms with Gasteiger partial charge in [0.25, 0.3) is 0 Å². The number of aromatic nitrogens is 4. The van der Waals surface area contributed by atoms with Gasteiger partial charge in [0.05, 0.1) is 11.0 Å². The van der Waals surface area contributed by atoms with E-state index in [9.17, 15) is 1.37 Å². The van der Waals surface area contributed by atoms with Crippen LogP contribution >= 0.6 is 0 Å². The maximum atomic E-state index is 9.18. The number of hydrogen-bond donors (Lipinski definition) is 0. The van der Waals surface area contributed by atoms with Crippen molar-refractivity contribution in [3.05, 3.63) is 212 Å². The first kappa shape index (κ1) is 35.2. The molecule has 0 aliphatic carbocycles. The molecule has 6 heteroatoms. The summed E-state index contributed by atoms with van der Waals surface area (Å²) >= 11 is 0. The number of imidazole rings is 1. The van der Waals surface area contributed by atoms with E-state index in [1.165, 1.54) is 5.56 Å². The molecule has 0 fully saturated rings. The third kappa shape index (κ3) is 6.58. The molecule has 4 heterocycles. The number of pyridine rings is 1. The zero-order valence-corrected chi connectivity index (χ0v) is 37.5. The fourth-order valence-electron chi connectivity index (χ4n) is 9.04. The van der Waals surface area contributed by atoms with Gasteiger partial charge in [-0.2, -0.15) is 24.3 Å². The molecule has 64 heavy (non-hydrogen) atoms. The Morgan fingerprint density at radius 2 is 1.31 bits per heavy atom. The van der Waals surface area contributed by atoms with E-state index in [0.29, 0.717) is 44.1 Å².